The number of aryl methyl sites for hydroxylation is 1. The summed E-state index contributed by atoms with van der Waals surface area (Å²) in [6.07, 6.45) is 4.53. The molecule has 0 aromatic carbocycles. The lowest BCUT2D eigenvalue weighted by Gasteiger charge is -2.01. The highest BCUT2D eigenvalue weighted by molar-refractivity contribution is 6.29. The van der Waals surface area contributed by atoms with Gasteiger partial charge in [0.2, 0.25) is 5.78 Å². The summed E-state index contributed by atoms with van der Waals surface area (Å²) in [5.74, 6) is 0.666. The number of aromatic nitrogens is 3. The quantitative estimate of drug-likeness (QED) is 0.630. The van der Waals surface area contributed by atoms with Gasteiger partial charge in [0.1, 0.15) is 5.15 Å². The topological polar surface area (TPSA) is 30.2 Å². The third kappa shape index (κ3) is 1.06. The van der Waals surface area contributed by atoms with Crippen molar-refractivity contribution in [3.8, 4) is 0 Å². The molecule has 4 heteroatoms. The first-order valence-electron chi connectivity index (χ1n) is 3.79. The molecule has 0 amide bonds. The van der Waals surface area contributed by atoms with E-state index in [9.17, 15) is 0 Å². The maximum Gasteiger partial charge on any atom is 0.235 e. The van der Waals surface area contributed by atoms with Crippen molar-refractivity contribution in [2.45, 2.75) is 13.3 Å². The van der Waals surface area contributed by atoms with Gasteiger partial charge in [-0.3, -0.25) is 4.40 Å². The minimum atomic E-state index is 0.505. The Morgan fingerprint density at radius 1 is 1.58 bits per heavy atom. The van der Waals surface area contributed by atoms with Crippen LogP contribution in [0.25, 0.3) is 5.78 Å². The maximum atomic E-state index is 5.80. The predicted octanol–water partition coefficient (Wildman–Crippen LogP) is 1.95. The third-order valence-electron chi connectivity index (χ3n) is 1.79. The first-order chi connectivity index (χ1) is 5.81. The van der Waals surface area contributed by atoms with Crippen LogP contribution in [0.3, 0.4) is 0 Å². The van der Waals surface area contributed by atoms with Gasteiger partial charge >= 0.3 is 0 Å². The van der Waals surface area contributed by atoms with Crippen molar-refractivity contribution < 1.29 is 0 Å². The van der Waals surface area contributed by atoms with Crippen molar-refractivity contribution in [2.75, 3.05) is 0 Å². The SMILES string of the molecule is CCc1cc(Cl)nc2nccn12. The Bertz CT molecular complexity index is 408. The number of rotatable bonds is 1. The highest BCUT2D eigenvalue weighted by Crippen LogP contribution is 2.11. The van der Waals surface area contributed by atoms with Crippen LogP contribution in [-0.2, 0) is 6.42 Å². The standard InChI is InChI=1S/C8H8ClN3/c1-2-6-5-7(9)11-8-10-3-4-12(6)8/h3-5H,2H2,1H3. The summed E-state index contributed by atoms with van der Waals surface area (Å²) < 4.78 is 1.94. The minimum absolute atomic E-state index is 0.505. The van der Waals surface area contributed by atoms with Gasteiger partial charge in [0, 0.05) is 18.1 Å². The lowest BCUT2D eigenvalue weighted by molar-refractivity contribution is 0.954. The first-order valence-corrected chi connectivity index (χ1v) is 4.17. The zero-order valence-corrected chi connectivity index (χ0v) is 7.41. The first kappa shape index (κ1) is 7.55. The Balaban J connectivity index is 2.80. The molecular weight excluding hydrogens is 174 g/mol. The van der Waals surface area contributed by atoms with Crippen LogP contribution in [0.15, 0.2) is 18.5 Å². The van der Waals surface area contributed by atoms with Crippen LogP contribution >= 0.6 is 11.6 Å². The molecule has 0 bridgehead atoms. The fourth-order valence-electron chi connectivity index (χ4n) is 1.21. The van der Waals surface area contributed by atoms with Gasteiger partial charge in [0.25, 0.3) is 0 Å². The van der Waals surface area contributed by atoms with E-state index in [1.165, 1.54) is 0 Å². The maximum absolute atomic E-state index is 5.80. The summed E-state index contributed by atoms with van der Waals surface area (Å²) >= 11 is 5.80. The number of hydrogen-bond donors (Lipinski definition) is 0. The average molecular weight is 182 g/mol. The van der Waals surface area contributed by atoms with Crippen LogP contribution in [0.2, 0.25) is 5.15 Å². The highest BCUT2D eigenvalue weighted by atomic mass is 35.5. The zero-order chi connectivity index (χ0) is 8.55. The molecule has 0 aliphatic heterocycles. The van der Waals surface area contributed by atoms with Crippen LogP contribution in [-0.4, -0.2) is 14.4 Å². The van der Waals surface area contributed by atoms with Gasteiger partial charge in [-0.05, 0) is 12.5 Å². The molecule has 3 nitrogen and oxygen atoms in total. The smallest absolute Gasteiger partial charge is 0.235 e. The van der Waals surface area contributed by atoms with E-state index in [0.717, 1.165) is 12.1 Å². The molecule has 2 heterocycles. The van der Waals surface area contributed by atoms with E-state index >= 15 is 0 Å². The predicted molar refractivity (Wildman–Crippen MR) is 47.4 cm³/mol. The normalized spacial score (nSPS) is 10.8. The fraction of sp³-hybridized carbons (Fsp3) is 0.250. The molecule has 2 aromatic rings. The van der Waals surface area contributed by atoms with E-state index in [2.05, 4.69) is 16.9 Å². The zero-order valence-electron chi connectivity index (χ0n) is 6.66. The Morgan fingerprint density at radius 3 is 3.17 bits per heavy atom. The minimum Gasteiger partial charge on any atom is -0.288 e. The molecule has 0 saturated carbocycles. The largest absolute Gasteiger partial charge is 0.288 e. The molecule has 0 unspecified atom stereocenters. The van der Waals surface area contributed by atoms with Crippen LogP contribution in [0, 0.1) is 0 Å². The van der Waals surface area contributed by atoms with E-state index in [1.54, 1.807) is 6.20 Å². The van der Waals surface area contributed by atoms with Gasteiger partial charge in [-0.15, -0.1) is 0 Å². The molecule has 0 aliphatic rings. The highest BCUT2D eigenvalue weighted by Gasteiger charge is 2.01. The van der Waals surface area contributed by atoms with Crippen molar-refractivity contribution in [3.05, 3.63) is 29.3 Å². The van der Waals surface area contributed by atoms with Gasteiger partial charge in [0.05, 0.1) is 0 Å². The Labute approximate surface area is 75.0 Å². The van der Waals surface area contributed by atoms with Gasteiger partial charge in [0.15, 0.2) is 0 Å². The molecule has 62 valence electrons. The van der Waals surface area contributed by atoms with Crippen molar-refractivity contribution >= 4 is 17.4 Å². The summed E-state index contributed by atoms with van der Waals surface area (Å²) in [5.41, 5.74) is 1.13. The molecule has 0 fully saturated rings. The summed E-state index contributed by atoms with van der Waals surface area (Å²) in [4.78, 5) is 8.12. The molecule has 0 saturated heterocycles. The number of fused-ring (bicyclic) bond motifs is 1. The molecular formula is C8H8ClN3. The van der Waals surface area contributed by atoms with E-state index in [4.69, 9.17) is 11.6 Å². The Morgan fingerprint density at radius 2 is 2.42 bits per heavy atom. The third-order valence-corrected chi connectivity index (χ3v) is 1.98. The second kappa shape index (κ2) is 2.75. The number of hydrogen-bond acceptors (Lipinski definition) is 2. The molecule has 0 radical (unpaired) electrons. The van der Waals surface area contributed by atoms with Crippen LogP contribution in [0.4, 0.5) is 0 Å². The lowest BCUT2D eigenvalue weighted by atomic mass is 10.3. The molecule has 0 aliphatic carbocycles. The Kier molecular flexibility index (Phi) is 1.73. The van der Waals surface area contributed by atoms with Crippen molar-refractivity contribution in [2.24, 2.45) is 0 Å². The summed E-state index contributed by atoms with van der Waals surface area (Å²) in [7, 11) is 0. The molecule has 0 atom stereocenters. The second-order valence-electron chi connectivity index (χ2n) is 2.52. The van der Waals surface area contributed by atoms with Crippen molar-refractivity contribution in [1.29, 1.82) is 0 Å². The van der Waals surface area contributed by atoms with Crippen LogP contribution in [0.1, 0.15) is 12.6 Å². The Hall–Kier alpha value is -1.09. The number of imidazole rings is 1. The molecule has 0 N–H and O–H groups in total. The second-order valence-corrected chi connectivity index (χ2v) is 2.91. The molecule has 0 spiro atoms. The van der Waals surface area contributed by atoms with Crippen molar-refractivity contribution in [1.82, 2.24) is 14.4 Å². The van der Waals surface area contributed by atoms with Crippen LogP contribution < -0.4 is 0 Å². The van der Waals surface area contributed by atoms with Crippen molar-refractivity contribution in [3.63, 3.8) is 0 Å². The summed E-state index contributed by atoms with van der Waals surface area (Å²) in [5, 5.41) is 0.505. The number of nitrogens with zero attached hydrogens (tertiary/aromatic N) is 3. The number of halogens is 1. The molecule has 12 heavy (non-hydrogen) atoms. The lowest BCUT2D eigenvalue weighted by Crippen LogP contribution is -1.96. The molecule has 2 rings (SSSR count). The van der Waals surface area contributed by atoms with E-state index in [-0.39, 0.29) is 0 Å². The van der Waals surface area contributed by atoms with Gasteiger partial charge < -0.3 is 0 Å². The van der Waals surface area contributed by atoms with E-state index < -0.39 is 0 Å². The summed E-state index contributed by atoms with van der Waals surface area (Å²) in [6.45, 7) is 2.07. The average Bonchev–Trinajstić information content (AvgIpc) is 2.50. The summed E-state index contributed by atoms with van der Waals surface area (Å²) in [6, 6.07) is 1.86. The van der Waals surface area contributed by atoms with E-state index in [1.807, 2.05) is 16.7 Å². The van der Waals surface area contributed by atoms with Gasteiger partial charge in [-0.25, -0.2) is 9.97 Å². The van der Waals surface area contributed by atoms with Gasteiger partial charge in [-0.2, -0.15) is 0 Å². The molecule has 2 aromatic heterocycles. The fourth-order valence-corrected chi connectivity index (χ4v) is 1.41. The van der Waals surface area contributed by atoms with Crippen LogP contribution in [0.5, 0.6) is 0 Å². The van der Waals surface area contributed by atoms with E-state index in [0.29, 0.717) is 10.9 Å². The van der Waals surface area contributed by atoms with Gasteiger partial charge in [-0.1, -0.05) is 18.5 Å². The monoisotopic (exact) mass is 181 g/mol.